The number of carbonyl (C=O) groups excluding carboxylic acids is 1. The van der Waals surface area contributed by atoms with E-state index in [0.29, 0.717) is 12.0 Å². The number of nitrogens with zero attached hydrogens (tertiary/aromatic N) is 1. The maximum atomic E-state index is 11.7. The summed E-state index contributed by atoms with van der Waals surface area (Å²) in [7, 11) is 1.58. The van der Waals surface area contributed by atoms with Gasteiger partial charge in [0.1, 0.15) is 0 Å². The zero-order chi connectivity index (χ0) is 14.4. The van der Waals surface area contributed by atoms with Crippen LogP contribution in [0.3, 0.4) is 0 Å². The summed E-state index contributed by atoms with van der Waals surface area (Å²) in [5, 5.41) is 10.8. The zero-order valence-electron chi connectivity index (χ0n) is 11.2. The first-order chi connectivity index (χ1) is 8.95. The number of aryl methyl sites for hydroxylation is 1. The van der Waals surface area contributed by atoms with E-state index in [1.54, 1.807) is 14.0 Å². The van der Waals surface area contributed by atoms with E-state index in [-0.39, 0.29) is 24.0 Å². The summed E-state index contributed by atoms with van der Waals surface area (Å²) < 4.78 is 10.1. The molecule has 0 saturated carbocycles. The van der Waals surface area contributed by atoms with Crippen molar-refractivity contribution in [2.24, 2.45) is 0 Å². The molecule has 0 heterocycles. The third-order valence-corrected chi connectivity index (χ3v) is 2.80. The highest BCUT2D eigenvalue weighted by Gasteiger charge is 2.16. The molecule has 0 amide bonds. The van der Waals surface area contributed by atoms with Crippen LogP contribution < -0.4 is 0 Å². The molecule has 19 heavy (non-hydrogen) atoms. The number of nitro benzene ring substituents is 1. The van der Waals surface area contributed by atoms with Gasteiger partial charge >= 0.3 is 5.97 Å². The predicted octanol–water partition coefficient (Wildman–Crippen LogP) is 2.49. The van der Waals surface area contributed by atoms with Crippen molar-refractivity contribution < 1.29 is 19.2 Å². The number of hydrogen-bond acceptors (Lipinski definition) is 5. The highest BCUT2D eigenvalue weighted by molar-refractivity contribution is 5.90. The molecule has 0 aliphatic heterocycles. The van der Waals surface area contributed by atoms with Crippen LogP contribution in [0, 0.1) is 17.0 Å². The smallest absolute Gasteiger partial charge is 0.338 e. The van der Waals surface area contributed by atoms with Crippen molar-refractivity contribution in [3.63, 3.8) is 0 Å². The van der Waals surface area contributed by atoms with Gasteiger partial charge in [-0.15, -0.1) is 0 Å². The van der Waals surface area contributed by atoms with Crippen LogP contribution in [-0.4, -0.2) is 30.7 Å². The van der Waals surface area contributed by atoms with E-state index in [1.807, 2.05) is 6.92 Å². The van der Waals surface area contributed by atoms with Gasteiger partial charge < -0.3 is 9.47 Å². The molecule has 104 valence electrons. The van der Waals surface area contributed by atoms with Gasteiger partial charge in [0.05, 0.1) is 23.2 Å². The summed E-state index contributed by atoms with van der Waals surface area (Å²) in [6.07, 6.45) is 0.580. The Morgan fingerprint density at radius 3 is 2.74 bits per heavy atom. The second-order valence-corrected chi connectivity index (χ2v) is 4.23. The monoisotopic (exact) mass is 267 g/mol. The Balaban J connectivity index is 2.67. The SMILES string of the molecule is COC(C)CCOC(=O)c1ccc(C)c([N+](=O)[O-])c1. The first-order valence-corrected chi connectivity index (χ1v) is 5.90. The van der Waals surface area contributed by atoms with Crippen molar-refractivity contribution in [1.82, 2.24) is 0 Å². The lowest BCUT2D eigenvalue weighted by molar-refractivity contribution is -0.385. The number of rotatable bonds is 6. The molecule has 0 bridgehead atoms. The Bertz CT molecular complexity index is 472. The second-order valence-electron chi connectivity index (χ2n) is 4.23. The lowest BCUT2D eigenvalue weighted by Crippen LogP contribution is -2.13. The fraction of sp³-hybridized carbons (Fsp3) is 0.462. The second kappa shape index (κ2) is 6.84. The minimum absolute atomic E-state index is 0.000143. The molecule has 0 aromatic heterocycles. The molecule has 0 spiro atoms. The van der Waals surface area contributed by atoms with Gasteiger partial charge in [-0.1, -0.05) is 6.07 Å². The lowest BCUT2D eigenvalue weighted by atomic mass is 10.1. The van der Waals surface area contributed by atoms with E-state index < -0.39 is 10.9 Å². The van der Waals surface area contributed by atoms with Gasteiger partial charge in [-0.25, -0.2) is 4.79 Å². The third kappa shape index (κ3) is 4.33. The van der Waals surface area contributed by atoms with Gasteiger partial charge in [0.25, 0.3) is 5.69 Å². The normalized spacial score (nSPS) is 11.9. The van der Waals surface area contributed by atoms with Gasteiger partial charge in [0, 0.05) is 25.2 Å². The van der Waals surface area contributed by atoms with Gasteiger partial charge in [0.2, 0.25) is 0 Å². The Morgan fingerprint density at radius 1 is 1.47 bits per heavy atom. The Hall–Kier alpha value is -1.95. The number of ether oxygens (including phenoxy) is 2. The van der Waals surface area contributed by atoms with Crippen molar-refractivity contribution in [2.45, 2.75) is 26.4 Å². The summed E-state index contributed by atoms with van der Waals surface area (Å²) >= 11 is 0. The van der Waals surface area contributed by atoms with Crippen LogP contribution >= 0.6 is 0 Å². The molecule has 1 atom stereocenters. The molecular formula is C13H17NO5. The highest BCUT2D eigenvalue weighted by Crippen LogP contribution is 2.19. The number of benzene rings is 1. The maximum Gasteiger partial charge on any atom is 0.338 e. The highest BCUT2D eigenvalue weighted by atomic mass is 16.6. The Kier molecular flexibility index (Phi) is 5.44. The average molecular weight is 267 g/mol. The number of nitro groups is 1. The van der Waals surface area contributed by atoms with E-state index >= 15 is 0 Å². The van der Waals surface area contributed by atoms with Crippen LogP contribution in [0.15, 0.2) is 18.2 Å². The van der Waals surface area contributed by atoms with Crippen LogP contribution in [0.1, 0.15) is 29.3 Å². The van der Waals surface area contributed by atoms with E-state index in [2.05, 4.69) is 0 Å². The maximum absolute atomic E-state index is 11.7. The molecule has 0 aliphatic carbocycles. The van der Waals surface area contributed by atoms with Gasteiger partial charge in [-0.2, -0.15) is 0 Å². The summed E-state index contributed by atoms with van der Waals surface area (Å²) in [5.74, 6) is -0.564. The minimum Gasteiger partial charge on any atom is -0.462 e. The molecule has 6 nitrogen and oxygen atoms in total. The van der Waals surface area contributed by atoms with Crippen LogP contribution in [0.5, 0.6) is 0 Å². The lowest BCUT2D eigenvalue weighted by Gasteiger charge is -2.09. The van der Waals surface area contributed by atoms with Crippen molar-refractivity contribution in [1.29, 1.82) is 0 Å². The fourth-order valence-corrected chi connectivity index (χ4v) is 1.45. The van der Waals surface area contributed by atoms with Crippen LogP contribution in [0.25, 0.3) is 0 Å². The summed E-state index contributed by atoms with van der Waals surface area (Å²) in [4.78, 5) is 22.0. The van der Waals surface area contributed by atoms with Crippen molar-refractivity contribution in [3.8, 4) is 0 Å². The average Bonchev–Trinajstić information content (AvgIpc) is 2.38. The number of carbonyl (C=O) groups is 1. The van der Waals surface area contributed by atoms with Crippen molar-refractivity contribution in [3.05, 3.63) is 39.4 Å². The Labute approximate surface area is 111 Å². The fourth-order valence-electron chi connectivity index (χ4n) is 1.45. The number of esters is 1. The van der Waals surface area contributed by atoms with E-state index in [4.69, 9.17) is 9.47 Å². The van der Waals surface area contributed by atoms with Gasteiger partial charge in [-0.05, 0) is 19.9 Å². The number of hydrogen-bond donors (Lipinski definition) is 0. The summed E-state index contributed by atoms with van der Waals surface area (Å²) in [6, 6.07) is 4.29. The molecule has 0 radical (unpaired) electrons. The summed E-state index contributed by atoms with van der Waals surface area (Å²) in [5.41, 5.74) is 0.608. The molecule has 1 unspecified atom stereocenters. The Morgan fingerprint density at radius 2 is 2.16 bits per heavy atom. The molecule has 1 aromatic carbocycles. The van der Waals surface area contributed by atoms with Crippen molar-refractivity contribution >= 4 is 11.7 Å². The first kappa shape index (κ1) is 15.1. The quantitative estimate of drug-likeness (QED) is 0.449. The number of methoxy groups -OCH3 is 1. The van der Waals surface area contributed by atoms with Crippen LogP contribution in [0.4, 0.5) is 5.69 Å². The molecule has 0 N–H and O–H groups in total. The van der Waals surface area contributed by atoms with Gasteiger partial charge in [-0.3, -0.25) is 10.1 Å². The standard InChI is InChI=1S/C13H17NO5/c1-9-4-5-11(8-12(9)14(16)17)13(15)19-7-6-10(2)18-3/h4-5,8,10H,6-7H2,1-3H3. The third-order valence-electron chi connectivity index (χ3n) is 2.80. The zero-order valence-corrected chi connectivity index (χ0v) is 11.2. The molecule has 0 aliphatic rings. The molecular weight excluding hydrogens is 250 g/mol. The first-order valence-electron chi connectivity index (χ1n) is 5.90. The molecule has 1 aromatic rings. The van der Waals surface area contributed by atoms with E-state index in [0.717, 1.165) is 0 Å². The molecule has 0 saturated heterocycles. The molecule has 1 rings (SSSR count). The molecule has 6 heteroatoms. The van der Waals surface area contributed by atoms with Crippen LogP contribution in [-0.2, 0) is 9.47 Å². The van der Waals surface area contributed by atoms with Gasteiger partial charge in [0.15, 0.2) is 0 Å². The summed E-state index contributed by atoms with van der Waals surface area (Å²) in [6.45, 7) is 3.70. The topological polar surface area (TPSA) is 78.7 Å². The molecule has 0 fully saturated rings. The predicted molar refractivity (Wildman–Crippen MR) is 69.2 cm³/mol. The largest absolute Gasteiger partial charge is 0.462 e. The van der Waals surface area contributed by atoms with E-state index in [1.165, 1.54) is 18.2 Å². The minimum atomic E-state index is -0.564. The van der Waals surface area contributed by atoms with E-state index in [9.17, 15) is 14.9 Å². The van der Waals surface area contributed by atoms with Crippen molar-refractivity contribution in [2.75, 3.05) is 13.7 Å². The van der Waals surface area contributed by atoms with Crippen LogP contribution in [0.2, 0.25) is 0 Å².